The number of hydrogen-bond donors (Lipinski definition) is 1. The summed E-state index contributed by atoms with van der Waals surface area (Å²) in [7, 11) is 3.01. The predicted molar refractivity (Wildman–Crippen MR) is 135 cm³/mol. The summed E-state index contributed by atoms with van der Waals surface area (Å²) >= 11 is 0. The molecular formula is C29H31NO5. The monoisotopic (exact) mass is 473 g/mol. The van der Waals surface area contributed by atoms with Gasteiger partial charge in [0.05, 0.1) is 20.6 Å². The molecule has 1 N–H and O–H groups in total. The SMILES string of the molecule is CONC(=COc1ccc(COc2ccc(C(CC(=O)OC)C3CC3)cc2)cc1)c1ccccc1. The molecule has 0 spiro atoms. The summed E-state index contributed by atoms with van der Waals surface area (Å²) in [6, 6.07) is 25.6. The van der Waals surface area contributed by atoms with Crippen LogP contribution in [0.1, 0.15) is 41.9 Å². The minimum atomic E-state index is -0.156. The van der Waals surface area contributed by atoms with Crippen molar-refractivity contribution in [1.29, 1.82) is 0 Å². The Morgan fingerprint density at radius 1 is 0.943 bits per heavy atom. The number of hydrogen-bond acceptors (Lipinski definition) is 6. The van der Waals surface area contributed by atoms with Crippen LogP contribution in [0.4, 0.5) is 0 Å². The summed E-state index contributed by atoms with van der Waals surface area (Å²) in [6.45, 7) is 0.449. The number of hydroxylamine groups is 1. The molecule has 1 unspecified atom stereocenters. The van der Waals surface area contributed by atoms with Gasteiger partial charge in [-0.2, -0.15) is 0 Å². The number of methoxy groups -OCH3 is 1. The van der Waals surface area contributed by atoms with Gasteiger partial charge in [0.2, 0.25) is 0 Å². The predicted octanol–water partition coefficient (Wildman–Crippen LogP) is 5.85. The number of nitrogens with one attached hydrogen (secondary N) is 1. The fourth-order valence-electron chi connectivity index (χ4n) is 3.97. The molecule has 0 aliphatic heterocycles. The first kappa shape index (κ1) is 24.4. The van der Waals surface area contributed by atoms with Gasteiger partial charge in [-0.25, -0.2) is 0 Å². The van der Waals surface area contributed by atoms with E-state index in [4.69, 9.17) is 19.0 Å². The highest BCUT2D eigenvalue weighted by atomic mass is 16.6. The Labute approximate surface area is 206 Å². The Morgan fingerprint density at radius 2 is 1.63 bits per heavy atom. The van der Waals surface area contributed by atoms with Gasteiger partial charge in [-0.05, 0) is 60.1 Å². The van der Waals surface area contributed by atoms with Gasteiger partial charge < -0.3 is 14.2 Å². The second-order valence-corrected chi connectivity index (χ2v) is 8.55. The van der Waals surface area contributed by atoms with Crippen LogP contribution in [0, 0.1) is 5.92 Å². The first-order valence-electron chi connectivity index (χ1n) is 11.8. The maximum Gasteiger partial charge on any atom is 0.306 e. The van der Waals surface area contributed by atoms with Gasteiger partial charge in [0.1, 0.15) is 30.1 Å². The molecule has 1 atom stereocenters. The van der Waals surface area contributed by atoms with Crippen LogP contribution in [0.15, 0.2) is 85.1 Å². The number of carbonyl (C=O) groups is 1. The third-order valence-corrected chi connectivity index (χ3v) is 6.05. The van der Waals surface area contributed by atoms with Gasteiger partial charge in [-0.3, -0.25) is 15.1 Å². The standard InChI is InChI=1S/C29H31NO5/c1-32-29(31)18-27(22-10-11-22)23-12-16-26(17-13-23)34-19-21-8-14-25(15-9-21)35-20-28(30-33-2)24-6-4-3-5-7-24/h3-9,12-17,20,22,27,30H,10-11,18-19H2,1-2H3. The fraction of sp³-hybridized carbons (Fsp3) is 0.276. The van der Waals surface area contributed by atoms with Crippen LogP contribution in [0.5, 0.6) is 11.5 Å². The Kier molecular flexibility index (Phi) is 8.41. The number of rotatable bonds is 12. The van der Waals surface area contributed by atoms with Crippen LogP contribution in [-0.2, 0) is 21.0 Å². The lowest BCUT2D eigenvalue weighted by Crippen LogP contribution is -2.11. The third kappa shape index (κ3) is 7.11. The fourth-order valence-corrected chi connectivity index (χ4v) is 3.97. The molecule has 1 aliphatic rings. The van der Waals surface area contributed by atoms with E-state index in [1.165, 1.54) is 20.0 Å². The lowest BCUT2D eigenvalue weighted by molar-refractivity contribution is -0.141. The van der Waals surface area contributed by atoms with E-state index in [0.29, 0.717) is 24.7 Å². The molecule has 6 nitrogen and oxygen atoms in total. The Balaban J connectivity index is 1.31. The number of ether oxygens (including phenoxy) is 3. The van der Waals surface area contributed by atoms with Crippen LogP contribution in [0.2, 0.25) is 0 Å². The molecule has 182 valence electrons. The van der Waals surface area contributed by atoms with Gasteiger partial charge >= 0.3 is 5.97 Å². The zero-order chi connectivity index (χ0) is 24.5. The average Bonchev–Trinajstić information content (AvgIpc) is 3.75. The van der Waals surface area contributed by atoms with Crippen molar-refractivity contribution in [2.75, 3.05) is 14.2 Å². The molecular weight excluding hydrogens is 442 g/mol. The van der Waals surface area contributed by atoms with E-state index in [-0.39, 0.29) is 11.9 Å². The lowest BCUT2D eigenvalue weighted by atomic mass is 9.91. The van der Waals surface area contributed by atoms with Crippen molar-refractivity contribution in [1.82, 2.24) is 5.48 Å². The van der Waals surface area contributed by atoms with Crippen molar-refractivity contribution < 1.29 is 23.8 Å². The minimum absolute atomic E-state index is 0.156. The van der Waals surface area contributed by atoms with E-state index in [1.807, 2.05) is 66.7 Å². The third-order valence-electron chi connectivity index (χ3n) is 6.05. The smallest absolute Gasteiger partial charge is 0.306 e. The maximum atomic E-state index is 11.8. The molecule has 1 aliphatic carbocycles. The van der Waals surface area contributed by atoms with Crippen LogP contribution < -0.4 is 15.0 Å². The van der Waals surface area contributed by atoms with E-state index in [2.05, 4.69) is 17.6 Å². The largest absolute Gasteiger partial charge is 0.489 e. The van der Waals surface area contributed by atoms with Crippen molar-refractivity contribution in [3.8, 4) is 11.5 Å². The molecule has 1 fully saturated rings. The van der Waals surface area contributed by atoms with E-state index in [0.717, 1.165) is 28.1 Å². The normalized spacial score (nSPS) is 14.2. The summed E-state index contributed by atoms with van der Waals surface area (Å²) in [4.78, 5) is 16.8. The number of benzene rings is 3. The van der Waals surface area contributed by atoms with Crippen molar-refractivity contribution in [3.63, 3.8) is 0 Å². The zero-order valence-electron chi connectivity index (χ0n) is 20.1. The van der Waals surface area contributed by atoms with Crippen molar-refractivity contribution >= 4 is 11.7 Å². The van der Waals surface area contributed by atoms with E-state index < -0.39 is 0 Å². The summed E-state index contributed by atoms with van der Waals surface area (Å²) in [5.74, 6) is 2.14. The first-order chi connectivity index (χ1) is 17.2. The lowest BCUT2D eigenvalue weighted by Gasteiger charge is -2.16. The molecule has 1 saturated carbocycles. The quantitative estimate of drug-likeness (QED) is 0.202. The molecule has 4 rings (SSSR count). The van der Waals surface area contributed by atoms with Crippen LogP contribution in [0.25, 0.3) is 5.70 Å². The summed E-state index contributed by atoms with van der Waals surface area (Å²) < 4.78 is 16.6. The van der Waals surface area contributed by atoms with Gasteiger partial charge in [0.25, 0.3) is 0 Å². The topological polar surface area (TPSA) is 66.0 Å². The molecule has 35 heavy (non-hydrogen) atoms. The van der Waals surface area contributed by atoms with Gasteiger partial charge in [-0.1, -0.05) is 54.6 Å². The van der Waals surface area contributed by atoms with Crippen molar-refractivity contribution in [2.24, 2.45) is 5.92 Å². The highest BCUT2D eigenvalue weighted by molar-refractivity contribution is 5.70. The first-order valence-corrected chi connectivity index (χ1v) is 11.8. The molecule has 0 heterocycles. The molecule has 6 heteroatoms. The summed E-state index contributed by atoms with van der Waals surface area (Å²) in [6.07, 6.45) is 4.40. The Hall–Kier alpha value is -3.77. The molecule has 3 aromatic carbocycles. The van der Waals surface area contributed by atoms with Gasteiger partial charge in [0, 0.05) is 5.56 Å². The molecule has 0 saturated heterocycles. The highest BCUT2D eigenvalue weighted by Gasteiger charge is 2.33. The average molecular weight is 474 g/mol. The van der Waals surface area contributed by atoms with Gasteiger partial charge in [0.15, 0.2) is 0 Å². The van der Waals surface area contributed by atoms with Crippen LogP contribution >= 0.6 is 0 Å². The van der Waals surface area contributed by atoms with Crippen molar-refractivity contribution in [2.45, 2.75) is 31.8 Å². The second-order valence-electron chi connectivity index (χ2n) is 8.55. The summed E-state index contributed by atoms with van der Waals surface area (Å²) in [5, 5.41) is 0. The molecule has 0 amide bonds. The second kappa shape index (κ2) is 12.1. The van der Waals surface area contributed by atoms with E-state index in [9.17, 15) is 4.79 Å². The maximum absolute atomic E-state index is 11.8. The van der Waals surface area contributed by atoms with E-state index >= 15 is 0 Å². The zero-order valence-corrected chi connectivity index (χ0v) is 20.1. The van der Waals surface area contributed by atoms with E-state index in [1.54, 1.807) is 13.4 Å². The number of esters is 1. The molecule has 0 bridgehead atoms. The Bertz CT molecular complexity index is 1110. The summed E-state index contributed by atoms with van der Waals surface area (Å²) in [5.41, 5.74) is 6.72. The Morgan fingerprint density at radius 3 is 2.26 bits per heavy atom. The molecule has 0 radical (unpaired) electrons. The van der Waals surface area contributed by atoms with Crippen LogP contribution in [0.3, 0.4) is 0 Å². The minimum Gasteiger partial charge on any atom is -0.489 e. The van der Waals surface area contributed by atoms with Crippen molar-refractivity contribution in [3.05, 3.63) is 102 Å². The van der Waals surface area contributed by atoms with Crippen LogP contribution in [-0.4, -0.2) is 20.2 Å². The number of carbonyl (C=O) groups excluding carboxylic acids is 1. The van der Waals surface area contributed by atoms with Gasteiger partial charge in [-0.15, -0.1) is 0 Å². The highest BCUT2D eigenvalue weighted by Crippen LogP contribution is 2.44. The molecule has 0 aromatic heterocycles. The molecule has 3 aromatic rings.